The van der Waals surface area contributed by atoms with E-state index >= 15 is 0 Å². The van der Waals surface area contributed by atoms with Crippen molar-refractivity contribution in [2.75, 3.05) is 11.5 Å². The van der Waals surface area contributed by atoms with Gasteiger partial charge in [-0.3, -0.25) is 0 Å². The van der Waals surface area contributed by atoms with Crippen molar-refractivity contribution in [3.8, 4) is 22.9 Å². The van der Waals surface area contributed by atoms with Gasteiger partial charge in [-0.15, -0.1) is 30.0 Å². The Balaban J connectivity index is 1.41. The van der Waals surface area contributed by atoms with Crippen LogP contribution >= 0.6 is 0 Å². The molecule has 0 aliphatic carbocycles. The van der Waals surface area contributed by atoms with Gasteiger partial charge in [0.15, 0.2) is 11.5 Å². The van der Waals surface area contributed by atoms with E-state index in [4.69, 9.17) is 11.5 Å². The lowest BCUT2D eigenvalue weighted by Gasteiger charge is -2.12. The number of aromatic nitrogens is 6. The van der Waals surface area contributed by atoms with E-state index in [1.165, 1.54) is 9.59 Å². The highest BCUT2D eigenvalue weighted by molar-refractivity contribution is 5.75. The van der Waals surface area contributed by atoms with Gasteiger partial charge in [0.2, 0.25) is 0 Å². The summed E-state index contributed by atoms with van der Waals surface area (Å²) in [6, 6.07) is 21.8. The summed E-state index contributed by atoms with van der Waals surface area (Å²) in [6.45, 7) is 0. The molecule has 2 heterocycles. The van der Waals surface area contributed by atoms with Gasteiger partial charge in [-0.25, -0.2) is 0 Å². The SMILES string of the molecule is Nc1cc(Cc2cc(N)c(O)c(-n3nc4ccccc4n3)c2)cc(-n2nc3ccccc3n2)c1O. The zero-order valence-corrected chi connectivity index (χ0v) is 18.4. The molecule has 2 aromatic heterocycles. The van der Waals surface area contributed by atoms with Gasteiger partial charge in [0.1, 0.15) is 33.4 Å². The van der Waals surface area contributed by atoms with Crippen LogP contribution in [0.25, 0.3) is 33.4 Å². The number of nitrogens with two attached hydrogens (primary N) is 2. The molecule has 4 aromatic carbocycles. The first kappa shape index (κ1) is 20.5. The average molecular weight is 464 g/mol. The van der Waals surface area contributed by atoms with Crippen molar-refractivity contribution < 1.29 is 10.2 Å². The van der Waals surface area contributed by atoms with E-state index in [-0.39, 0.29) is 22.9 Å². The molecule has 6 rings (SSSR count). The van der Waals surface area contributed by atoms with E-state index in [1.807, 2.05) is 48.5 Å². The van der Waals surface area contributed by atoms with Crippen LogP contribution in [0.15, 0.2) is 72.8 Å². The molecule has 0 aliphatic rings. The molecule has 35 heavy (non-hydrogen) atoms. The first-order valence-electron chi connectivity index (χ1n) is 10.8. The molecule has 0 unspecified atom stereocenters. The summed E-state index contributed by atoms with van der Waals surface area (Å²) in [4.78, 5) is 2.74. The van der Waals surface area contributed by atoms with Crippen molar-refractivity contribution in [2.24, 2.45) is 0 Å². The van der Waals surface area contributed by atoms with Crippen LogP contribution in [-0.2, 0) is 6.42 Å². The zero-order valence-electron chi connectivity index (χ0n) is 18.4. The van der Waals surface area contributed by atoms with Gasteiger partial charge in [-0.05, 0) is 66.1 Å². The van der Waals surface area contributed by atoms with Crippen molar-refractivity contribution >= 4 is 33.4 Å². The Morgan fingerprint density at radius 2 is 0.914 bits per heavy atom. The number of fused-ring (bicyclic) bond motifs is 2. The minimum Gasteiger partial charge on any atom is -0.504 e. The highest BCUT2D eigenvalue weighted by Crippen LogP contribution is 2.34. The van der Waals surface area contributed by atoms with E-state index in [0.29, 0.717) is 39.9 Å². The summed E-state index contributed by atoms with van der Waals surface area (Å²) in [5.41, 5.74) is 17.8. The highest BCUT2D eigenvalue weighted by atomic mass is 16.3. The van der Waals surface area contributed by atoms with Gasteiger partial charge in [0, 0.05) is 0 Å². The molecular formula is C25H20N8O2. The maximum absolute atomic E-state index is 10.6. The predicted octanol–water partition coefficient (Wildman–Crippen LogP) is 3.32. The lowest BCUT2D eigenvalue weighted by molar-refractivity contribution is 0.470. The molecule has 0 radical (unpaired) electrons. The molecule has 0 spiro atoms. The van der Waals surface area contributed by atoms with Gasteiger partial charge in [-0.1, -0.05) is 24.3 Å². The maximum Gasteiger partial charge on any atom is 0.166 e. The molecule has 0 bridgehead atoms. The Kier molecular flexibility index (Phi) is 4.53. The fraction of sp³-hybridized carbons (Fsp3) is 0.0400. The number of nitrogens with zero attached hydrogens (tertiary/aromatic N) is 6. The third-order valence-corrected chi connectivity index (χ3v) is 5.77. The van der Waals surface area contributed by atoms with Gasteiger partial charge in [0.25, 0.3) is 0 Å². The summed E-state index contributed by atoms with van der Waals surface area (Å²) in [5.74, 6) is -0.209. The normalized spacial score (nSPS) is 11.4. The van der Waals surface area contributed by atoms with Crippen molar-refractivity contribution in [2.45, 2.75) is 6.42 Å². The number of hydrogen-bond acceptors (Lipinski definition) is 8. The van der Waals surface area contributed by atoms with E-state index in [1.54, 1.807) is 24.3 Å². The Morgan fingerprint density at radius 1 is 0.571 bits per heavy atom. The number of anilines is 2. The van der Waals surface area contributed by atoms with Crippen LogP contribution in [0, 0.1) is 0 Å². The molecule has 172 valence electrons. The second-order valence-corrected chi connectivity index (χ2v) is 8.24. The number of phenolic OH excluding ortho intramolecular Hbond substituents is 2. The predicted molar refractivity (Wildman–Crippen MR) is 133 cm³/mol. The van der Waals surface area contributed by atoms with Crippen molar-refractivity contribution in [1.82, 2.24) is 30.0 Å². The first-order valence-corrected chi connectivity index (χ1v) is 10.8. The molecule has 10 heteroatoms. The zero-order chi connectivity index (χ0) is 24.1. The van der Waals surface area contributed by atoms with E-state index in [0.717, 1.165) is 11.1 Å². The van der Waals surface area contributed by atoms with Crippen molar-refractivity contribution in [1.29, 1.82) is 0 Å². The highest BCUT2D eigenvalue weighted by Gasteiger charge is 2.16. The lowest BCUT2D eigenvalue weighted by atomic mass is 10.0. The quantitative estimate of drug-likeness (QED) is 0.229. The van der Waals surface area contributed by atoms with E-state index in [2.05, 4.69) is 20.4 Å². The third kappa shape index (κ3) is 3.53. The number of benzene rings is 4. The molecule has 10 nitrogen and oxygen atoms in total. The summed E-state index contributed by atoms with van der Waals surface area (Å²) in [6.07, 6.45) is 0.413. The largest absolute Gasteiger partial charge is 0.504 e. The Bertz CT molecular complexity index is 1540. The van der Waals surface area contributed by atoms with Crippen LogP contribution in [0.3, 0.4) is 0 Å². The minimum atomic E-state index is -0.104. The van der Waals surface area contributed by atoms with Crippen molar-refractivity contribution in [3.05, 3.63) is 83.9 Å². The molecule has 0 atom stereocenters. The smallest absolute Gasteiger partial charge is 0.166 e. The number of aromatic hydroxyl groups is 2. The van der Waals surface area contributed by atoms with Crippen LogP contribution in [0.1, 0.15) is 11.1 Å². The Morgan fingerprint density at radius 3 is 1.26 bits per heavy atom. The number of nitrogen functional groups attached to an aromatic ring is 2. The maximum atomic E-state index is 10.6. The Labute approximate surface area is 198 Å². The Hall–Kier alpha value is -5.12. The monoisotopic (exact) mass is 464 g/mol. The van der Waals surface area contributed by atoms with Crippen molar-refractivity contribution in [3.63, 3.8) is 0 Å². The van der Waals surface area contributed by atoms with Gasteiger partial charge in [-0.2, -0.15) is 0 Å². The second-order valence-electron chi connectivity index (χ2n) is 8.24. The van der Waals surface area contributed by atoms with Crippen LogP contribution in [0.5, 0.6) is 11.5 Å². The molecule has 0 aliphatic heterocycles. The molecule has 0 amide bonds. The molecular weight excluding hydrogens is 444 g/mol. The number of phenols is 2. The number of hydrogen-bond donors (Lipinski definition) is 4. The minimum absolute atomic E-state index is 0.104. The van der Waals surface area contributed by atoms with Crippen LogP contribution in [0.2, 0.25) is 0 Å². The number of rotatable bonds is 4. The first-order chi connectivity index (χ1) is 17.0. The summed E-state index contributed by atoms with van der Waals surface area (Å²) in [7, 11) is 0. The van der Waals surface area contributed by atoms with Crippen LogP contribution in [-0.4, -0.2) is 40.2 Å². The summed E-state index contributed by atoms with van der Waals surface area (Å²) >= 11 is 0. The summed E-state index contributed by atoms with van der Waals surface area (Å²) < 4.78 is 0. The van der Waals surface area contributed by atoms with Gasteiger partial charge in [0.05, 0.1) is 11.4 Å². The van der Waals surface area contributed by atoms with Gasteiger partial charge < -0.3 is 21.7 Å². The summed E-state index contributed by atoms with van der Waals surface area (Å²) in [5, 5.41) is 39.0. The van der Waals surface area contributed by atoms with E-state index < -0.39 is 0 Å². The second kappa shape index (κ2) is 7.73. The standard InChI is InChI=1S/C25H20N8O2/c26-16-10-14(12-22(24(16)34)32-28-18-5-1-2-6-19(18)29-32)9-15-11-17(27)25(35)23(13-15)33-30-20-7-3-4-8-21(20)31-33/h1-8,10-13,34-35H,9,26-27H2. The molecule has 0 fully saturated rings. The van der Waals surface area contributed by atoms with Gasteiger partial charge >= 0.3 is 0 Å². The fourth-order valence-corrected chi connectivity index (χ4v) is 4.08. The lowest BCUT2D eigenvalue weighted by Crippen LogP contribution is -2.05. The third-order valence-electron chi connectivity index (χ3n) is 5.77. The van der Waals surface area contributed by atoms with Crippen LogP contribution < -0.4 is 11.5 Å². The van der Waals surface area contributed by atoms with Crippen LogP contribution in [0.4, 0.5) is 11.4 Å². The average Bonchev–Trinajstić information content (AvgIpc) is 3.47. The molecule has 6 N–H and O–H groups in total. The molecule has 0 saturated heterocycles. The fourth-order valence-electron chi connectivity index (χ4n) is 4.08. The molecule has 0 saturated carbocycles. The topological polar surface area (TPSA) is 154 Å². The molecule has 6 aromatic rings. The van der Waals surface area contributed by atoms with E-state index in [9.17, 15) is 10.2 Å².